The number of hydrogen-bond acceptors (Lipinski definition) is 4. The lowest BCUT2D eigenvalue weighted by Crippen LogP contribution is -2.31. The highest BCUT2D eigenvalue weighted by Gasteiger charge is 2.13. The van der Waals surface area contributed by atoms with Crippen molar-refractivity contribution in [1.82, 2.24) is 4.90 Å². The summed E-state index contributed by atoms with van der Waals surface area (Å²) >= 11 is 1.25. The Bertz CT molecular complexity index is 930. The van der Waals surface area contributed by atoms with E-state index in [-0.39, 0.29) is 11.7 Å². The van der Waals surface area contributed by atoms with Crippen molar-refractivity contribution in [2.45, 2.75) is 11.6 Å². The normalized spacial score (nSPS) is 10.7. The second-order valence-corrected chi connectivity index (χ2v) is 6.95. The van der Waals surface area contributed by atoms with Crippen LogP contribution in [-0.2, 0) is 11.3 Å². The molecule has 1 aromatic heterocycles. The van der Waals surface area contributed by atoms with Gasteiger partial charge in [0.05, 0.1) is 12.9 Å². The monoisotopic (exact) mass is 368 g/mol. The van der Waals surface area contributed by atoms with Crippen LogP contribution in [0.5, 0.6) is 5.75 Å². The SMILES string of the molecule is COc1ccc2cc(CN(C)C(=O)CSc3cccc[n+]3[O-])ccc2c1. The van der Waals surface area contributed by atoms with E-state index in [9.17, 15) is 10.0 Å². The van der Waals surface area contributed by atoms with E-state index in [1.165, 1.54) is 18.0 Å². The molecule has 3 aromatic rings. The summed E-state index contributed by atoms with van der Waals surface area (Å²) in [6.45, 7) is 0.521. The van der Waals surface area contributed by atoms with Crippen LogP contribution in [-0.4, -0.2) is 30.7 Å². The third kappa shape index (κ3) is 4.26. The van der Waals surface area contributed by atoms with E-state index in [4.69, 9.17) is 4.74 Å². The molecule has 26 heavy (non-hydrogen) atoms. The molecule has 1 amide bonds. The molecule has 1 heterocycles. The maximum Gasteiger partial charge on any atom is 0.251 e. The van der Waals surface area contributed by atoms with Crippen molar-refractivity contribution in [2.24, 2.45) is 0 Å². The minimum Gasteiger partial charge on any atom is -0.618 e. The van der Waals surface area contributed by atoms with Gasteiger partial charge in [-0.3, -0.25) is 4.79 Å². The number of ether oxygens (including phenoxy) is 1. The van der Waals surface area contributed by atoms with Crippen LogP contribution < -0.4 is 9.47 Å². The van der Waals surface area contributed by atoms with Gasteiger partial charge in [0.2, 0.25) is 5.91 Å². The first kappa shape index (κ1) is 18.1. The summed E-state index contributed by atoms with van der Waals surface area (Å²) in [5.74, 6) is 1.04. The Hall–Kier alpha value is -2.73. The van der Waals surface area contributed by atoms with Gasteiger partial charge in [-0.15, -0.1) is 0 Å². The molecule has 134 valence electrons. The molecule has 0 aliphatic rings. The summed E-state index contributed by atoms with van der Waals surface area (Å²) in [5, 5.41) is 14.4. The predicted octanol–water partition coefficient (Wildman–Crippen LogP) is 3.23. The number of pyridine rings is 1. The number of hydrogen-bond donors (Lipinski definition) is 0. The van der Waals surface area contributed by atoms with Gasteiger partial charge in [0.1, 0.15) is 5.75 Å². The number of aromatic nitrogens is 1. The molecular weight excluding hydrogens is 348 g/mol. The zero-order valence-corrected chi connectivity index (χ0v) is 15.5. The molecule has 0 unspecified atom stereocenters. The summed E-state index contributed by atoms with van der Waals surface area (Å²) in [4.78, 5) is 14.0. The van der Waals surface area contributed by atoms with E-state index >= 15 is 0 Å². The molecule has 6 heteroatoms. The van der Waals surface area contributed by atoms with Crippen molar-refractivity contribution in [3.05, 3.63) is 71.6 Å². The van der Waals surface area contributed by atoms with Gasteiger partial charge in [0.25, 0.3) is 5.03 Å². The highest BCUT2D eigenvalue weighted by molar-refractivity contribution is 7.99. The number of thioether (sulfide) groups is 1. The quantitative estimate of drug-likeness (QED) is 0.381. The van der Waals surface area contributed by atoms with Gasteiger partial charge in [-0.2, -0.15) is 4.73 Å². The van der Waals surface area contributed by atoms with Crippen LogP contribution in [0.4, 0.5) is 0 Å². The largest absolute Gasteiger partial charge is 0.618 e. The minimum absolute atomic E-state index is 0.0197. The third-order valence-corrected chi connectivity index (χ3v) is 5.09. The van der Waals surface area contributed by atoms with E-state index in [1.807, 2.05) is 30.3 Å². The molecule has 0 aliphatic carbocycles. The number of benzene rings is 2. The Morgan fingerprint density at radius 2 is 1.92 bits per heavy atom. The van der Waals surface area contributed by atoms with E-state index in [0.717, 1.165) is 26.8 Å². The molecule has 0 spiro atoms. The van der Waals surface area contributed by atoms with E-state index in [1.54, 1.807) is 37.3 Å². The number of nitrogens with zero attached hydrogens (tertiary/aromatic N) is 2. The Labute approximate surface area is 156 Å². The fraction of sp³-hybridized carbons (Fsp3) is 0.200. The topological polar surface area (TPSA) is 56.5 Å². The lowest BCUT2D eigenvalue weighted by atomic mass is 10.1. The lowest BCUT2D eigenvalue weighted by Gasteiger charge is -2.17. The van der Waals surface area contributed by atoms with Gasteiger partial charge in [0.15, 0.2) is 6.20 Å². The molecular formula is C20H20N2O3S. The summed E-state index contributed by atoms with van der Waals surface area (Å²) in [5.41, 5.74) is 1.06. The zero-order valence-electron chi connectivity index (χ0n) is 14.7. The molecule has 0 saturated carbocycles. The van der Waals surface area contributed by atoms with E-state index in [0.29, 0.717) is 11.6 Å². The van der Waals surface area contributed by atoms with E-state index < -0.39 is 0 Å². The average Bonchev–Trinajstić information content (AvgIpc) is 2.66. The Kier molecular flexibility index (Phi) is 5.63. The van der Waals surface area contributed by atoms with Crippen LogP contribution >= 0.6 is 11.8 Å². The summed E-state index contributed by atoms with van der Waals surface area (Å²) in [7, 11) is 3.43. The molecule has 0 fully saturated rings. The Morgan fingerprint density at radius 1 is 1.15 bits per heavy atom. The number of fused-ring (bicyclic) bond motifs is 1. The maximum absolute atomic E-state index is 12.4. The zero-order chi connectivity index (χ0) is 18.5. The molecule has 0 aliphatic heterocycles. The van der Waals surface area contributed by atoms with Crippen molar-refractivity contribution < 1.29 is 14.3 Å². The molecule has 0 radical (unpaired) electrons. The standard InChI is InChI=1S/C20H20N2O3S/c1-21(19(23)14-26-20-5-3-4-10-22(20)24)13-15-6-7-17-12-18(25-2)9-8-16(17)11-15/h3-12H,13-14H2,1-2H3. The maximum atomic E-state index is 12.4. The predicted molar refractivity (Wildman–Crippen MR) is 103 cm³/mol. The van der Waals surface area contributed by atoms with Crippen molar-refractivity contribution in [3.8, 4) is 5.75 Å². The minimum atomic E-state index is -0.0197. The molecule has 2 aromatic carbocycles. The van der Waals surface area contributed by atoms with Gasteiger partial charge >= 0.3 is 0 Å². The average molecular weight is 368 g/mol. The van der Waals surface area contributed by atoms with Crippen LogP contribution in [0.25, 0.3) is 10.8 Å². The number of carbonyl (C=O) groups is 1. The highest BCUT2D eigenvalue weighted by Crippen LogP contribution is 2.22. The van der Waals surface area contributed by atoms with Crippen molar-refractivity contribution in [1.29, 1.82) is 0 Å². The molecule has 3 rings (SSSR count). The summed E-state index contributed by atoms with van der Waals surface area (Å²) < 4.78 is 6.01. The summed E-state index contributed by atoms with van der Waals surface area (Å²) in [6.07, 6.45) is 1.43. The number of amides is 1. The van der Waals surface area contributed by atoms with Gasteiger partial charge in [0, 0.05) is 25.7 Å². The van der Waals surface area contributed by atoms with Crippen molar-refractivity contribution in [2.75, 3.05) is 19.9 Å². The number of carbonyl (C=O) groups excluding carboxylic acids is 1. The Balaban J connectivity index is 1.63. The second kappa shape index (κ2) is 8.10. The van der Waals surface area contributed by atoms with E-state index in [2.05, 4.69) is 6.07 Å². The highest BCUT2D eigenvalue weighted by atomic mass is 32.2. The number of methoxy groups -OCH3 is 1. The first-order valence-corrected chi connectivity index (χ1v) is 9.17. The first-order chi connectivity index (χ1) is 12.6. The van der Waals surface area contributed by atoms with Crippen LogP contribution in [0.3, 0.4) is 0 Å². The van der Waals surface area contributed by atoms with Crippen LogP contribution in [0, 0.1) is 5.21 Å². The molecule has 0 bridgehead atoms. The van der Waals surface area contributed by atoms with Gasteiger partial charge in [-0.1, -0.05) is 18.2 Å². The van der Waals surface area contributed by atoms with Crippen molar-refractivity contribution in [3.63, 3.8) is 0 Å². The second-order valence-electron chi connectivity index (χ2n) is 5.95. The molecule has 0 atom stereocenters. The molecule has 5 nitrogen and oxygen atoms in total. The smallest absolute Gasteiger partial charge is 0.251 e. The van der Waals surface area contributed by atoms with Gasteiger partial charge in [-0.25, -0.2) is 0 Å². The first-order valence-electron chi connectivity index (χ1n) is 8.18. The number of rotatable bonds is 6. The van der Waals surface area contributed by atoms with Crippen LogP contribution in [0.15, 0.2) is 65.8 Å². The fourth-order valence-corrected chi connectivity index (χ4v) is 3.49. The Morgan fingerprint density at radius 3 is 2.69 bits per heavy atom. The van der Waals surface area contributed by atoms with Crippen LogP contribution in [0.2, 0.25) is 0 Å². The van der Waals surface area contributed by atoms with Gasteiger partial charge < -0.3 is 14.8 Å². The van der Waals surface area contributed by atoms with Crippen LogP contribution in [0.1, 0.15) is 5.56 Å². The fourth-order valence-electron chi connectivity index (χ4n) is 2.63. The van der Waals surface area contributed by atoms with Gasteiger partial charge in [-0.05, 0) is 52.4 Å². The third-order valence-electron chi connectivity index (χ3n) is 4.09. The lowest BCUT2D eigenvalue weighted by molar-refractivity contribution is -0.645. The molecule has 0 N–H and O–H groups in total. The molecule has 0 saturated heterocycles. The van der Waals surface area contributed by atoms with Crippen molar-refractivity contribution >= 4 is 28.4 Å². The summed E-state index contributed by atoms with van der Waals surface area (Å²) in [6, 6.07) is 17.2.